The standard InChI is InChI=1S/C21H35N5O.HI/c1-16(2)10-11-17(3)24-20(22-4)23-15-18-8-7-9-19(14-18)25-21(27)26-12-5-6-13-26;/h7-9,14,16-17H,5-6,10-13,15H2,1-4H3,(H,25,27)(H2,22,23,24);1H. The van der Waals surface area contributed by atoms with E-state index in [0.717, 1.165) is 49.6 Å². The lowest BCUT2D eigenvalue weighted by molar-refractivity contribution is 0.222. The SMILES string of the molecule is CN=C(NCc1cccc(NC(=O)N2CCCC2)c1)NC(C)CCC(C)C.I. The van der Waals surface area contributed by atoms with Gasteiger partial charge in [-0.05, 0) is 56.2 Å². The molecule has 1 atom stereocenters. The fraction of sp³-hybridized carbons (Fsp3) is 0.619. The van der Waals surface area contributed by atoms with Crippen molar-refractivity contribution in [1.29, 1.82) is 0 Å². The Kier molecular flexibility index (Phi) is 11.3. The average molecular weight is 501 g/mol. The van der Waals surface area contributed by atoms with E-state index in [1.807, 2.05) is 29.2 Å². The van der Waals surface area contributed by atoms with E-state index in [4.69, 9.17) is 0 Å². The summed E-state index contributed by atoms with van der Waals surface area (Å²) in [7, 11) is 1.79. The van der Waals surface area contributed by atoms with Gasteiger partial charge in [0, 0.05) is 38.4 Å². The summed E-state index contributed by atoms with van der Waals surface area (Å²) in [5.41, 5.74) is 1.94. The Balaban J connectivity index is 0.00000392. The predicted octanol–water partition coefficient (Wildman–Crippen LogP) is 4.42. The maximum atomic E-state index is 12.2. The molecule has 6 nitrogen and oxygen atoms in total. The number of hydrogen-bond donors (Lipinski definition) is 3. The van der Waals surface area contributed by atoms with E-state index in [-0.39, 0.29) is 30.0 Å². The van der Waals surface area contributed by atoms with E-state index in [9.17, 15) is 4.79 Å². The highest BCUT2D eigenvalue weighted by molar-refractivity contribution is 14.0. The number of likely N-dealkylation sites (tertiary alicyclic amines) is 1. The molecule has 0 bridgehead atoms. The van der Waals surface area contributed by atoms with Crippen molar-refractivity contribution in [3.05, 3.63) is 29.8 Å². The average Bonchev–Trinajstić information content (AvgIpc) is 3.18. The van der Waals surface area contributed by atoms with Crippen molar-refractivity contribution in [2.24, 2.45) is 10.9 Å². The summed E-state index contributed by atoms with van der Waals surface area (Å²) in [5, 5.41) is 9.79. The summed E-state index contributed by atoms with van der Waals surface area (Å²) in [6.45, 7) is 9.03. The van der Waals surface area contributed by atoms with Gasteiger partial charge in [-0.15, -0.1) is 24.0 Å². The lowest BCUT2D eigenvalue weighted by Gasteiger charge is -2.19. The summed E-state index contributed by atoms with van der Waals surface area (Å²) in [6.07, 6.45) is 4.51. The number of anilines is 1. The normalized spacial score (nSPS) is 15.2. The predicted molar refractivity (Wildman–Crippen MR) is 129 cm³/mol. The molecule has 2 rings (SSSR count). The molecular formula is C21H36IN5O. The van der Waals surface area contributed by atoms with Crippen molar-refractivity contribution in [2.75, 3.05) is 25.5 Å². The number of nitrogens with one attached hydrogen (secondary N) is 3. The first-order valence-corrected chi connectivity index (χ1v) is 10.1. The van der Waals surface area contributed by atoms with Crippen molar-refractivity contribution in [1.82, 2.24) is 15.5 Å². The van der Waals surface area contributed by atoms with Crippen molar-refractivity contribution in [3.8, 4) is 0 Å². The van der Waals surface area contributed by atoms with Crippen LogP contribution < -0.4 is 16.0 Å². The Bertz CT molecular complexity index is 629. The minimum absolute atomic E-state index is 0. The van der Waals surface area contributed by atoms with Gasteiger partial charge >= 0.3 is 6.03 Å². The van der Waals surface area contributed by atoms with Gasteiger partial charge in [0.25, 0.3) is 0 Å². The van der Waals surface area contributed by atoms with Gasteiger partial charge in [-0.1, -0.05) is 26.0 Å². The van der Waals surface area contributed by atoms with Gasteiger partial charge in [0.2, 0.25) is 0 Å². The van der Waals surface area contributed by atoms with E-state index >= 15 is 0 Å². The van der Waals surface area contributed by atoms with Gasteiger partial charge in [0.05, 0.1) is 0 Å². The van der Waals surface area contributed by atoms with Crippen LogP contribution >= 0.6 is 24.0 Å². The van der Waals surface area contributed by atoms with Crippen LogP contribution in [0.25, 0.3) is 0 Å². The van der Waals surface area contributed by atoms with Gasteiger partial charge in [-0.3, -0.25) is 4.99 Å². The Morgan fingerprint density at radius 3 is 2.54 bits per heavy atom. The third-order valence-corrected chi connectivity index (χ3v) is 4.82. The van der Waals surface area contributed by atoms with E-state index in [0.29, 0.717) is 18.5 Å². The monoisotopic (exact) mass is 501 g/mol. The largest absolute Gasteiger partial charge is 0.354 e. The fourth-order valence-corrected chi connectivity index (χ4v) is 3.15. The summed E-state index contributed by atoms with van der Waals surface area (Å²) < 4.78 is 0. The molecule has 1 aromatic carbocycles. The van der Waals surface area contributed by atoms with Crippen molar-refractivity contribution >= 4 is 41.7 Å². The number of nitrogens with zero attached hydrogens (tertiary/aromatic N) is 2. The molecule has 1 aliphatic heterocycles. The Labute approximate surface area is 187 Å². The number of urea groups is 1. The molecule has 0 aromatic heterocycles. The second-order valence-electron chi connectivity index (χ2n) is 7.77. The molecule has 1 heterocycles. The molecule has 1 aromatic rings. The van der Waals surface area contributed by atoms with Crippen LogP contribution in [0.3, 0.4) is 0 Å². The first kappa shape index (κ1) is 24.5. The minimum atomic E-state index is -0.00550. The Hall–Kier alpha value is -1.51. The van der Waals surface area contributed by atoms with Gasteiger partial charge in [0.15, 0.2) is 5.96 Å². The topological polar surface area (TPSA) is 68.8 Å². The molecular weight excluding hydrogens is 465 g/mol. The summed E-state index contributed by atoms with van der Waals surface area (Å²) >= 11 is 0. The van der Waals surface area contributed by atoms with E-state index < -0.39 is 0 Å². The van der Waals surface area contributed by atoms with Crippen molar-refractivity contribution < 1.29 is 4.79 Å². The van der Waals surface area contributed by atoms with Crippen LogP contribution in [0.1, 0.15) is 52.0 Å². The lowest BCUT2D eigenvalue weighted by atomic mass is 10.0. The van der Waals surface area contributed by atoms with Gasteiger partial charge in [-0.2, -0.15) is 0 Å². The molecule has 0 aliphatic carbocycles. The summed E-state index contributed by atoms with van der Waals surface area (Å²) in [4.78, 5) is 18.4. The molecule has 3 N–H and O–H groups in total. The van der Waals surface area contributed by atoms with Crippen LogP contribution in [-0.4, -0.2) is 43.1 Å². The van der Waals surface area contributed by atoms with Crippen LogP contribution in [0.5, 0.6) is 0 Å². The number of carbonyl (C=O) groups excluding carboxylic acids is 1. The van der Waals surface area contributed by atoms with Gasteiger partial charge in [0.1, 0.15) is 0 Å². The van der Waals surface area contributed by atoms with Crippen molar-refractivity contribution in [2.45, 2.75) is 59.0 Å². The molecule has 0 radical (unpaired) electrons. The molecule has 28 heavy (non-hydrogen) atoms. The minimum Gasteiger partial charge on any atom is -0.354 e. The number of rotatable bonds is 7. The second-order valence-corrected chi connectivity index (χ2v) is 7.77. The molecule has 158 valence electrons. The van der Waals surface area contributed by atoms with Crippen LogP contribution in [0, 0.1) is 5.92 Å². The molecule has 1 unspecified atom stereocenters. The molecule has 7 heteroatoms. The Morgan fingerprint density at radius 2 is 1.89 bits per heavy atom. The zero-order valence-electron chi connectivity index (χ0n) is 17.6. The summed E-state index contributed by atoms with van der Waals surface area (Å²) in [6, 6.07) is 8.33. The molecule has 1 saturated heterocycles. The zero-order chi connectivity index (χ0) is 19.6. The van der Waals surface area contributed by atoms with Gasteiger partial charge in [-0.25, -0.2) is 4.79 Å². The maximum absolute atomic E-state index is 12.2. The number of benzene rings is 1. The van der Waals surface area contributed by atoms with Crippen LogP contribution in [0.2, 0.25) is 0 Å². The van der Waals surface area contributed by atoms with Crippen LogP contribution in [0.4, 0.5) is 10.5 Å². The second kappa shape index (κ2) is 12.9. The molecule has 0 spiro atoms. The van der Waals surface area contributed by atoms with Crippen LogP contribution in [0.15, 0.2) is 29.3 Å². The zero-order valence-corrected chi connectivity index (χ0v) is 20.0. The van der Waals surface area contributed by atoms with E-state index in [2.05, 4.69) is 41.7 Å². The quantitative estimate of drug-likeness (QED) is 0.294. The maximum Gasteiger partial charge on any atom is 0.321 e. The smallest absolute Gasteiger partial charge is 0.321 e. The molecule has 1 aliphatic rings. The first-order chi connectivity index (χ1) is 13.0. The fourth-order valence-electron chi connectivity index (χ4n) is 3.15. The first-order valence-electron chi connectivity index (χ1n) is 10.1. The number of aliphatic imine (C=N–C) groups is 1. The Morgan fingerprint density at radius 1 is 1.18 bits per heavy atom. The third-order valence-electron chi connectivity index (χ3n) is 4.82. The van der Waals surface area contributed by atoms with E-state index in [1.54, 1.807) is 7.05 Å². The molecule has 1 fully saturated rings. The van der Waals surface area contributed by atoms with Gasteiger partial charge < -0.3 is 20.9 Å². The highest BCUT2D eigenvalue weighted by Crippen LogP contribution is 2.14. The summed E-state index contributed by atoms with van der Waals surface area (Å²) in [5.74, 6) is 1.51. The highest BCUT2D eigenvalue weighted by atomic mass is 127. The van der Waals surface area contributed by atoms with Crippen molar-refractivity contribution in [3.63, 3.8) is 0 Å². The lowest BCUT2D eigenvalue weighted by Crippen LogP contribution is -2.41. The highest BCUT2D eigenvalue weighted by Gasteiger charge is 2.17. The number of carbonyl (C=O) groups is 1. The molecule has 0 saturated carbocycles. The molecule has 2 amide bonds. The number of halogens is 1. The number of amides is 2. The third kappa shape index (κ3) is 8.67. The number of guanidine groups is 1. The number of hydrogen-bond acceptors (Lipinski definition) is 2. The van der Waals surface area contributed by atoms with Crippen LogP contribution in [-0.2, 0) is 6.54 Å². The van der Waals surface area contributed by atoms with E-state index in [1.165, 1.54) is 6.42 Å².